The van der Waals surface area contributed by atoms with Crippen LogP contribution in [0.5, 0.6) is 0 Å². The Labute approximate surface area is 161 Å². The van der Waals surface area contributed by atoms with E-state index >= 15 is 0 Å². The van der Waals surface area contributed by atoms with Gasteiger partial charge in [0.15, 0.2) is 12.3 Å². The van der Waals surface area contributed by atoms with Gasteiger partial charge in [0.05, 0.1) is 0 Å². The van der Waals surface area contributed by atoms with Crippen LogP contribution in [-0.4, -0.2) is 52.8 Å². The molecule has 0 unspecified atom stereocenters. The van der Waals surface area contributed by atoms with Crippen molar-refractivity contribution in [1.82, 2.24) is 14.3 Å². The molecule has 3 aromatic rings. The Bertz CT molecular complexity index is 1040. The standard InChI is InChI=1S/C20H20N4O4/c1-13-8-9-24-11-16(22-17(24)10-13)20(27)28-12-18(25)21-15-6-4-14(5-7-15)19(26)23(2)3/h4-11H,12H2,1-3H3,(H,21,25). The van der Waals surface area contributed by atoms with Crippen LogP contribution in [0.1, 0.15) is 26.4 Å². The molecule has 144 valence electrons. The number of nitrogens with one attached hydrogen (secondary N) is 1. The highest BCUT2D eigenvalue weighted by molar-refractivity contribution is 5.97. The van der Waals surface area contributed by atoms with Gasteiger partial charge in [-0.05, 0) is 48.9 Å². The minimum absolute atomic E-state index is 0.130. The van der Waals surface area contributed by atoms with Gasteiger partial charge in [0.2, 0.25) is 0 Å². The SMILES string of the molecule is Cc1ccn2cc(C(=O)OCC(=O)Nc3ccc(C(=O)N(C)C)cc3)nc2c1. The summed E-state index contributed by atoms with van der Waals surface area (Å²) in [5.41, 5.74) is 2.79. The Balaban J connectivity index is 1.56. The van der Waals surface area contributed by atoms with Crippen molar-refractivity contribution in [2.24, 2.45) is 0 Å². The van der Waals surface area contributed by atoms with Gasteiger partial charge in [-0.3, -0.25) is 9.59 Å². The molecule has 8 heteroatoms. The number of hydrogen-bond donors (Lipinski definition) is 1. The fraction of sp³-hybridized carbons (Fsp3) is 0.200. The monoisotopic (exact) mass is 380 g/mol. The molecule has 0 aliphatic heterocycles. The van der Waals surface area contributed by atoms with Gasteiger partial charge in [-0.15, -0.1) is 0 Å². The number of fused-ring (bicyclic) bond motifs is 1. The lowest BCUT2D eigenvalue weighted by Gasteiger charge is -2.11. The first-order valence-corrected chi connectivity index (χ1v) is 8.57. The molecular weight excluding hydrogens is 360 g/mol. The van der Waals surface area contributed by atoms with Crippen LogP contribution in [0.2, 0.25) is 0 Å². The number of ether oxygens (including phenoxy) is 1. The van der Waals surface area contributed by atoms with Gasteiger partial charge >= 0.3 is 5.97 Å². The number of rotatable bonds is 5. The minimum atomic E-state index is -0.677. The predicted molar refractivity (Wildman–Crippen MR) is 103 cm³/mol. The van der Waals surface area contributed by atoms with Crippen LogP contribution in [0.3, 0.4) is 0 Å². The number of aromatic nitrogens is 2. The predicted octanol–water partition coefficient (Wildman–Crippen LogP) is 2.14. The summed E-state index contributed by atoms with van der Waals surface area (Å²) in [7, 11) is 3.33. The molecule has 8 nitrogen and oxygen atoms in total. The zero-order valence-corrected chi connectivity index (χ0v) is 15.8. The Hall–Kier alpha value is -3.68. The molecule has 0 radical (unpaired) electrons. The third-order valence-electron chi connectivity index (χ3n) is 3.98. The normalized spacial score (nSPS) is 10.5. The second-order valence-electron chi connectivity index (χ2n) is 6.50. The number of carbonyl (C=O) groups excluding carboxylic acids is 3. The Kier molecular flexibility index (Phi) is 5.39. The van der Waals surface area contributed by atoms with Crippen LogP contribution in [0, 0.1) is 6.92 Å². The molecule has 0 bridgehead atoms. The molecule has 0 aliphatic rings. The van der Waals surface area contributed by atoms with Crippen LogP contribution in [0.15, 0.2) is 48.8 Å². The van der Waals surface area contributed by atoms with Gasteiger partial charge in [0.25, 0.3) is 11.8 Å². The summed E-state index contributed by atoms with van der Waals surface area (Å²) in [6.45, 7) is 1.49. The molecule has 0 saturated heterocycles. The molecule has 1 aromatic carbocycles. The molecule has 0 saturated carbocycles. The van der Waals surface area contributed by atoms with Crippen molar-refractivity contribution in [2.45, 2.75) is 6.92 Å². The second kappa shape index (κ2) is 7.91. The maximum atomic E-state index is 12.1. The molecule has 0 fully saturated rings. The highest BCUT2D eigenvalue weighted by Crippen LogP contribution is 2.11. The van der Waals surface area contributed by atoms with E-state index in [2.05, 4.69) is 10.3 Å². The number of benzene rings is 1. The van der Waals surface area contributed by atoms with E-state index in [-0.39, 0.29) is 11.6 Å². The van der Waals surface area contributed by atoms with Crippen molar-refractivity contribution < 1.29 is 19.1 Å². The largest absolute Gasteiger partial charge is 0.451 e. The van der Waals surface area contributed by atoms with E-state index in [1.54, 1.807) is 55.2 Å². The maximum absolute atomic E-state index is 12.1. The van der Waals surface area contributed by atoms with Crippen molar-refractivity contribution in [1.29, 1.82) is 0 Å². The molecule has 1 N–H and O–H groups in total. The Morgan fingerprint density at radius 1 is 1.14 bits per heavy atom. The first-order valence-electron chi connectivity index (χ1n) is 8.57. The third kappa shape index (κ3) is 4.35. The van der Waals surface area contributed by atoms with E-state index in [4.69, 9.17) is 4.74 Å². The molecule has 0 spiro atoms. The molecule has 28 heavy (non-hydrogen) atoms. The highest BCUT2D eigenvalue weighted by Gasteiger charge is 2.15. The summed E-state index contributed by atoms with van der Waals surface area (Å²) < 4.78 is 6.74. The number of nitrogens with zero attached hydrogens (tertiary/aromatic N) is 3. The van der Waals surface area contributed by atoms with Crippen LogP contribution in [-0.2, 0) is 9.53 Å². The fourth-order valence-corrected chi connectivity index (χ4v) is 2.54. The molecule has 2 heterocycles. The molecule has 2 amide bonds. The van der Waals surface area contributed by atoms with E-state index in [0.717, 1.165) is 5.56 Å². The molecule has 0 aliphatic carbocycles. The Morgan fingerprint density at radius 3 is 2.54 bits per heavy atom. The van der Waals surface area contributed by atoms with Crippen LogP contribution >= 0.6 is 0 Å². The minimum Gasteiger partial charge on any atom is -0.451 e. The number of anilines is 1. The average molecular weight is 380 g/mol. The summed E-state index contributed by atoms with van der Waals surface area (Å²) in [6, 6.07) is 10.2. The highest BCUT2D eigenvalue weighted by atomic mass is 16.5. The van der Waals surface area contributed by atoms with Crippen molar-refractivity contribution >= 4 is 29.1 Å². The second-order valence-corrected chi connectivity index (χ2v) is 6.50. The number of hydrogen-bond acceptors (Lipinski definition) is 5. The molecule has 2 aromatic heterocycles. The summed E-state index contributed by atoms with van der Waals surface area (Å²) in [5, 5.41) is 2.61. The Morgan fingerprint density at radius 2 is 1.86 bits per heavy atom. The van der Waals surface area contributed by atoms with Gasteiger partial charge in [-0.2, -0.15) is 0 Å². The van der Waals surface area contributed by atoms with Crippen molar-refractivity contribution in [3.8, 4) is 0 Å². The van der Waals surface area contributed by atoms with Gasteiger partial charge in [0, 0.05) is 37.7 Å². The van der Waals surface area contributed by atoms with Crippen molar-refractivity contribution in [3.05, 3.63) is 65.6 Å². The zero-order chi connectivity index (χ0) is 20.3. The molecular formula is C20H20N4O4. The average Bonchev–Trinajstić information content (AvgIpc) is 3.09. The smallest absolute Gasteiger partial charge is 0.359 e. The molecule has 3 rings (SSSR count). The maximum Gasteiger partial charge on any atom is 0.359 e. The number of aryl methyl sites for hydroxylation is 1. The zero-order valence-electron chi connectivity index (χ0n) is 15.8. The van der Waals surface area contributed by atoms with E-state index in [1.165, 1.54) is 4.90 Å². The third-order valence-corrected chi connectivity index (χ3v) is 3.98. The van der Waals surface area contributed by atoms with Gasteiger partial charge in [-0.25, -0.2) is 9.78 Å². The van der Waals surface area contributed by atoms with E-state index in [9.17, 15) is 14.4 Å². The van der Waals surface area contributed by atoms with Crippen molar-refractivity contribution in [2.75, 3.05) is 26.0 Å². The van der Waals surface area contributed by atoms with E-state index in [1.807, 2.05) is 19.1 Å². The van der Waals surface area contributed by atoms with Crippen LogP contribution in [0.25, 0.3) is 5.65 Å². The van der Waals surface area contributed by atoms with Gasteiger partial charge in [0.1, 0.15) is 5.65 Å². The van der Waals surface area contributed by atoms with Gasteiger partial charge < -0.3 is 19.4 Å². The quantitative estimate of drug-likeness (QED) is 0.685. The number of pyridine rings is 1. The first-order chi connectivity index (χ1) is 13.3. The topological polar surface area (TPSA) is 93.0 Å². The lowest BCUT2D eigenvalue weighted by molar-refractivity contribution is -0.119. The lowest BCUT2D eigenvalue weighted by atomic mass is 10.2. The van der Waals surface area contributed by atoms with Crippen LogP contribution < -0.4 is 5.32 Å². The first kappa shape index (κ1) is 19.1. The fourth-order valence-electron chi connectivity index (χ4n) is 2.54. The lowest BCUT2D eigenvalue weighted by Crippen LogP contribution is -2.22. The summed E-state index contributed by atoms with van der Waals surface area (Å²) in [4.78, 5) is 41.6. The van der Waals surface area contributed by atoms with E-state index < -0.39 is 18.5 Å². The summed E-state index contributed by atoms with van der Waals surface area (Å²) >= 11 is 0. The number of amides is 2. The van der Waals surface area contributed by atoms with Gasteiger partial charge in [-0.1, -0.05) is 0 Å². The van der Waals surface area contributed by atoms with E-state index in [0.29, 0.717) is 16.9 Å². The molecule has 0 atom stereocenters. The summed E-state index contributed by atoms with van der Waals surface area (Å²) in [5.74, 6) is -1.29. The van der Waals surface area contributed by atoms with Crippen LogP contribution in [0.4, 0.5) is 5.69 Å². The number of imidazole rings is 1. The van der Waals surface area contributed by atoms with Crippen molar-refractivity contribution in [3.63, 3.8) is 0 Å². The number of carbonyl (C=O) groups is 3. The number of esters is 1. The summed E-state index contributed by atoms with van der Waals surface area (Å²) in [6.07, 6.45) is 3.35.